The van der Waals surface area contributed by atoms with Crippen molar-refractivity contribution in [2.24, 2.45) is 16.7 Å². The van der Waals surface area contributed by atoms with Crippen molar-refractivity contribution >= 4 is 11.9 Å². The van der Waals surface area contributed by atoms with E-state index in [0.717, 1.165) is 0 Å². The maximum atomic E-state index is 13.8. The summed E-state index contributed by atoms with van der Waals surface area (Å²) in [5.41, 5.74) is -4.08. The van der Waals surface area contributed by atoms with Crippen molar-refractivity contribution in [1.82, 2.24) is 0 Å². The Hall–Kier alpha value is -2.34. The fraction of sp³-hybridized carbons (Fsp3) is 0.688. The van der Waals surface area contributed by atoms with Gasteiger partial charge in [-0.2, -0.15) is 0 Å². The maximum Gasteiger partial charge on any atom is 0.338 e. The van der Waals surface area contributed by atoms with Crippen LogP contribution in [0.3, 0.4) is 0 Å². The van der Waals surface area contributed by atoms with Gasteiger partial charge in [-0.05, 0) is 44.1 Å². The van der Waals surface area contributed by atoms with E-state index >= 15 is 0 Å². The number of carbonyl (C=O) groups is 2. The van der Waals surface area contributed by atoms with Crippen LogP contribution in [0.15, 0.2) is 41.5 Å². The monoisotopic (exact) mass is 586 g/mol. The summed E-state index contributed by atoms with van der Waals surface area (Å²) in [6, 6.07) is 8.43. The highest BCUT2D eigenvalue weighted by molar-refractivity contribution is 5.89. The Morgan fingerprint density at radius 3 is 2.29 bits per heavy atom. The topological polar surface area (TPSA) is 141 Å². The molecule has 1 aromatic carbocycles. The number of hydrogen-bond donors (Lipinski definition) is 3. The van der Waals surface area contributed by atoms with E-state index in [-0.39, 0.29) is 25.0 Å². The standard InChI is InChI=1S/C32H42O10/c1-16-19(34)14-32(37)26(39-27(36)18-11-9-8-10-12-18)24-30(7,20(35)13-21-31(24,15-38-21)40-17(2)33)25-23(22(16)28(32,3)4)41-29(5,6)42-25/h8-12,19-21,23-26,34-35,37H,13-15H2,1-7H3/t19?,20-,21+,23+,24-,25+,26-,30+,31-,32+/m0/s1. The minimum absolute atomic E-state index is 0.0218. The van der Waals surface area contributed by atoms with Gasteiger partial charge in [-0.1, -0.05) is 39.0 Å². The van der Waals surface area contributed by atoms with E-state index < -0.39 is 82.3 Å². The van der Waals surface area contributed by atoms with Crippen molar-refractivity contribution in [2.45, 2.75) is 115 Å². The third-order valence-electron chi connectivity index (χ3n) is 10.9. The normalized spacial score (nSPS) is 44.9. The van der Waals surface area contributed by atoms with Crippen LogP contribution >= 0.6 is 0 Å². The van der Waals surface area contributed by atoms with Crippen LogP contribution in [0.25, 0.3) is 0 Å². The van der Waals surface area contributed by atoms with Gasteiger partial charge in [0, 0.05) is 30.6 Å². The average Bonchev–Trinajstić information content (AvgIpc) is 3.22. The van der Waals surface area contributed by atoms with Crippen LogP contribution in [0.2, 0.25) is 0 Å². The van der Waals surface area contributed by atoms with E-state index in [0.29, 0.717) is 11.1 Å². The zero-order valence-corrected chi connectivity index (χ0v) is 25.2. The highest BCUT2D eigenvalue weighted by Gasteiger charge is 2.79. The molecule has 2 bridgehead atoms. The largest absolute Gasteiger partial charge is 0.455 e. The van der Waals surface area contributed by atoms with Crippen molar-refractivity contribution in [1.29, 1.82) is 0 Å². The molecule has 4 fully saturated rings. The van der Waals surface area contributed by atoms with Crippen LogP contribution in [0.5, 0.6) is 0 Å². The van der Waals surface area contributed by atoms with Gasteiger partial charge >= 0.3 is 11.9 Å². The van der Waals surface area contributed by atoms with Gasteiger partial charge in [0.2, 0.25) is 0 Å². The Bertz CT molecular complexity index is 1320. The zero-order valence-electron chi connectivity index (χ0n) is 25.2. The number of ether oxygens (including phenoxy) is 5. The maximum absolute atomic E-state index is 13.8. The first kappa shape index (κ1) is 29.7. The predicted octanol–water partition coefficient (Wildman–Crippen LogP) is 2.67. The molecule has 5 aliphatic rings. The molecule has 1 aromatic rings. The first-order valence-corrected chi connectivity index (χ1v) is 14.7. The lowest BCUT2D eigenvalue weighted by atomic mass is 9.44. The fourth-order valence-electron chi connectivity index (χ4n) is 8.77. The Balaban J connectivity index is 1.66. The molecule has 0 radical (unpaired) electrons. The molecule has 3 aliphatic carbocycles. The van der Waals surface area contributed by atoms with Crippen molar-refractivity contribution in [3.05, 3.63) is 47.0 Å². The average molecular weight is 587 g/mol. The molecule has 2 saturated carbocycles. The summed E-state index contributed by atoms with van der Waals surface area (Å²) < 4.78 is 31.6. The summed E-state index contributed by atoms with van der Waals surface area (Å²) in [6.45, 7) is 12.2. The number of esters is 2. The lowest BCUT2D eigenvalue weighted by molar-refractivity contribution is -0.362. The summed E-state index contributed by atoms with van der Waals surface area (Å²) in [6.07, 6.45) is -5.84. The molecule has 1 unspecified atom stereocenters. The molecule has 10 nitrogen and oxygen atoms in total. The van der Waals surface area contributed by atoms with E-state index in [1.165, 1.54) is 6.92 Å². The molecule has 0 amide bonds. The molecule has 230 valence electrons. The zero-order chi connectivity index (χ0) is 30.6. The molecular formula is C32H42O10. The molecule has 2 heterocycles. The van der Waals surface area contributed by atoms with Gasteiger partial charge in [0.15, 0.2) is 11.4 Å². The van der Waals surface area contributed by atoms with E-state index in [4.69, 9.17) is 23.7 Å². The lowest BCUT2D eigenvalue weighted by Gasteiger charge is -2.68. The van der Waals surface area contributed by atoms with Gasteiger partial charge < -0.3 is 39.0 Å². The first-order chi connectivity index (χ1) is 19.5. The van der Waals surface area contributed by atoms with Gasteiger partial charge in [0.25, 0.3) is 0 Å². The summed E-state index contributed by atoms with van der Waals surface area (Å²) in [4.78, 5) is 26.5. The van der Waals surface area contributed by atoms with Crippen LogP contribution in [0.4, 0.5) is 0 Å². The second-order valence-electron chi connectivity index (χ2n) is 14.0. The highest BCUT2D eigenvalue weighted by Crippen LogP contribution is 2.67. The molecule has 10 atom stereocenters. The van der Waals surface area contributed by atoms with Crippen LogP contribution < -0.4 is 0 Å². The number of rotatable bonds is 3. The van der Waals surface area contributed by atoms with Crippen LogP contribution in [-0.4, -0.2) is 87.5 Å². The molecule has 2 saturated heterocycles. The van der Waals surface area contributed by atoms with Gasteiger partial charge in [-0.25, -0.2) is 4.79 Å². The molecule has 2 aliphatic heterocycles. The molecule has 0 spiro atoms. The van der Waals surface area contributed by atoms with Crippen molar-refractivity contribution < 1.29 is 48.6 Å². The van der Waals surface area contributed by atoms with Crippen molar-refractivity contribution in [3.63, 3.8) is 0 Å². The smallest absolute Gasteiger partial charge is 0.338 e. The minimum atomic E-state index is -1.89. The van der Waals surface area contributed by atoms with Gasteiger partial charge in [-0.3, -0.25) is 4.79 Å². The molecular weight excluding hydrogens is 544 g/mol. The number of aliphatic hydroxyl groups excluding tert-OH is 2. The van der Waals surface area contributed by atoms with Crippen LogP contribution in [-0.2, 0) is 28.5 Å². The van der Waals surface area contributed by atoms with Gasteiger partial charge in [0.05, 0.1) is 36.4 Å². The first-order valence-electron chi connectivity index (χ1n) is 14.7. The number of hydrogen-bond acceptors (Lipinski definition) is 10. The minimum Gasteiger partial charge on any atom is -0.455 e. The quantitative estimate of drug-likeness (QED) is 0.358. The summed E-state index contributed by atoms with van der Waals surface area (Å²) in [5.74, 6) is -3.35. The van der Waals surface area contributed by atoms with E-state index in [2.05, 4.69) is 0 Å². The Labute approximate surface area is 245 Å². The van der Waals surface area contributed by atoms with Gasteiger partial charge in [0.1, 0.15) is 23.9 Å². The SMILES string of the molecule is CC(=O)O[C@@]12CO[C@@H]1C[C@H](O)[C@@]1(C)[C@@H]3OC(C)(C)O[C@@H]3C3=C(C)C(O)C[C@@](O)([C@@H](OC(=O)c4ccccc4)[C@H]21)C3(C)C. The van der Waals surface area contributed by atoms with Crippen molar-refractivity contribution in [3.8, 4) is 0 Å². The fourth-order valence-corrected chi connectivity index (χ4v) is 8.77. The molecule has 3 N–H and O–H groups in total. The molecule has 6 rings (SSSR count). The number of fused-ring (bicyclic) bond motifs is 8. The van der Waals surface area contributed by atoms with Crippen LogP contribution in [0.1, 0.15) is 71.7 Å². The second-order valence-corrected chi connectivity index (χ2v) is 14.0. The molecule has 10 heteroatoms. The highest BCUT2D eigenvalue weighted by atomic mass is 16.8. The summed E-state index contributed by atoms with van der Waals surface area (Å²) >= 11 is 0. The summed E-state index contributed by atoms with van der Waals surface area (Å²) in [7, 11) is 0. The predicted molar refractivity (Wildman–Crippen MR) is 148 cm³/mol. The van der Waals surface area contributed by atoms with Crippen molar-refractivity contribution in [2.75, 3.05) is 6.61 Å². The Kier molecular flexibility index (Phi) is 6.60. The Morgan fingerprint density at radius 2 is 1.69 bits per heavy atom. The number of carbonyl (C=O) groups excluding carboxylic acids is 2. The molecule has 0 aromatic heterocycles. The van der Waals surface area contributed by atoms with E-state index in [9.17, 15) is 24.9 Å². The van der Waals surface area contributed by atoms with Crippen LogP contribution in [0, 0.1) is 16.7 Å². The van der Waals surface area contributed by atoms with Gasteiger partial charge in [-0.15, -0.1) is 0 Å². The van der Waals surface area contributed by atoms with E-state index in [1.54, 1.807) is 44.2 Å². The Morgan fingerprint density at radius 1 is 1.02 bits per heavy atom. The number of benzene rings is 1. The summed E-state index contributed by atoms with van der Waals surface area (Å²) in [5, 5.41) is 36.5. The number of aliphatic hydroxyl groups is 3. The lowest BCUT2D eigenvalue weighted by Crippen LogP contribution is -2.82. The third kappa shape index (κ3) is 3.85. The second kappa shape index (κ2) is 9.33. The third-order valence-corrected chi connectivity index (χ3v) is 10.9. The van der Waals surface area contributed by atoms with E-state index in [1.807, 2.05) is 27.7 Å². The molecule has 42 heavy (non-hydrogen) atoms.